The van der Waals surface area contributed by atoms with E-state index < -0.39 is 11.5 Å². The van der Waals surface area contributed by atoms with Gasteiger partial charge in [-0.25, -0.2) is 4.99 Å². The summed E-state index contributed by atoms with van der Waals surface area (Å²) >= 11 is 0. The summed E-state index contributed by atoms with van der Waals surface area (Å²) in [5.74, 6) is 1.23. The second-order valence-electron chi connectivity index (χ2n) is 7.68. The molecule has 0 aliphatic carbocycles. The smallest absolute Gasteiger partial charge is 0.226 e. The first kappa shape index (κ1) is 22.5. The van der Waals surface area contributed by atoms with Gasteiger partial charge in [-0.05, 0) is 38.5 Å². The van der Waals surface area contributed by atoms with Gasteiger partial charge in [0, 0.05) is 6.42 Å². The summed E-state index contributed by atoms with van der Waals surface area (Å²) in [5.41, 5.74) is -0.516. The molecule has 1 amide bonds. The van der Waals surface area contributed by atoms with Crippen molar-refractivity contribution in [2.45, 2.75) is 91.8 Å². The highest BCUT2D eigenvalue weighted by atomic mass is 16.5. The Labute approximate surface area is 158 Å². The second kappa shape index (κ2) is 9.93. The Morgan fingerprint density at radius 2 is 1.96 bits per heavy atom. The molecule has 1 aliphatic rings. The van der Waals surface area contributed by atoms with E-state index in [-0.39, 0.29) is 24.0 Å². The summed E-state index contributed by atoms with van der Waals surface area (Å²) < 4.78 is 10.9. The van der Waals surface area contributed by atoms with Crippen molar-refractivity contribution in [3.05, 3.63) is 0 Å². The van der Waals surface area contributed by atoms with E-state index in [1.165, 1.54) is 7.11 Å². The van der Waals surface area contributed by atoms with Gasteiger partial charge in [0.1, 0.15) is 12.1 Å². The molecule has 1 aliphatic heterocycles. The van der Waals surface area contributed by atoms with Crippen LogP contribution in [0.4, 0.5) is 0 Å². The van der Waals surface area contributed by atoms with Gasteiger partial charge in [0.05, 0.1) is 18.6 Å². The molecule has 0 saturated carbocycles. The molecule has 0 bridgehead atoms. The summed E-state index contributed by atoms with van der Waals surface area (Å²) in [7, 11) is 1.48. The van der Waals surface area contributed by atoms with Crippen LogP contribution >= 0.6 is 0 Å². The number of nitrogens with zero attached hydrogens (tertiary/aromatic N) is 1. The van der Waals surface area contributed by atoms with E-state index in [4.69, 9.17) is 14.9 Å². The maximum Gasteiger partial charge on any atom is 0.226 e. The Hall–Kier alpha value is -1.59. The molecule has 6 heteroatoms. The average molecular weight is 368 g/mol. The first-order chi connectivity index (χ1) is 12.2. The lowest BCUT2D eigenvalue weighted by Gasteiger charge is -2.34. The van der Waals surface area contributed by atoms with Crippen LogP contribution < -0.4 is 5.32 Å². The second-order valence-corrected chi connectivity index (χ2v) is 7.68. The van der Waals surface area contributed by atoms with E-state index in [9.17, 15) is 4.79 Å². The highest BCUT2D eigenvalue weighted by Crippen LogP contribution is 2.36. The van der Waals surface area contributed by atoms with Crippen LogP contribution in [0.1, 0.15) is 73.6 Å². The van der Waals surface area contributed by atoms with Gasteiger partial charge >= 0.3 is 0 Å². The van der Waals surface area contributed by atoms with E-state index in [0.717, 1.165) is 25.2 Å². The summed E-state index contributed by atoms with van der Waals surface area (Å²) in [4.78, 5) is 17.9. The number of methoxy groups -OCH3 is 1. The number of amides is 1. The third kappa shape index (κ3) is 5.45. The molecule has 0 spiro atoms. The molecule has 150 valence electrons. The summed E-state index contributed by atoms with van der Waals surface area (Å²) in [6, 6.07) is -0.391. The van der Waals surface area contributed by atoms with Crippen LogP contribution in [-0.2, 0) is 14.3 Å². The fourth-order valence-corrected chi connectivity index (χ4v) is 3.51. The lowest BCUT2D eigenvalue weighted by molar-refractivity contribution is -0.133. The third-order valence-electron chi connectivity index (χ3n) is 5.46. The number of aliphatic imine (C=N–C) groups is 1. The van der Waals surface area contributed by atoms with Crippen LogP contribution in [0.5, 0.6) is 0 Å². The average Bonchev–Trinajstić information content (AvgIpc) is 2.97. The maximum absolute atomic E-state index is 13.2. The number of rotatable bonds is 10. The predicted molar refractivity (Wildman–Crippen MR) is 106 cm³/mol. The van der Waals surface area contributed by atoms with Crippen molar-refractivity contribution in [3.63, 3.8) is 0 Å². The zero-order valence-corrected chi connectivity index (χ0v) is 17.5. The minimum Gasteiger partial charge on any atom is -0.483 e. The number of nitrogens with one attached hydrogen (secondary N) is 2. The number of ether oxygens (including phenoxy) is 2. The molecule has 0 saturated heterocycles. The summed E-state index contributed by atoms with van der Waals surface area (Å²) in [6.07, 6.45) is 3.57. The van der Waals surface area contributed by atoms with Crippen molar-refractivity contribution in [2.75, 3.05) is 7.11 Å². The van der Waals surface area contributed by atoms with Crippen molar-refractivity contribution in [3.8, 4) is 0 Å². The van der Waals surface area contributed by atoms with Gasteiger partial charge in [0.25, 0.3) is 0 Å². The summed E-state index contributed by atoms with van der Waals surface area (Å²) in [6.45, 7) is 12.3. The number of carbonyl (C=O) groups excluding carboxylic acids is 1. The Balaban J connectivity index is 2.97. The van der Waals surface area contributed by atoms with Crippen LogP contribution in [0.3, 0.4) is 0 Å². The molecule has 0 aromatic carbocycles. The monoisotopic (exact) mass is 367 g/mol. The highest BCUT2D eigenvalue weighted by Gasteiger charge is 2.42. The van der Waals surface area contributed by atoms with Crippen molar-refractivity contribution >= 4 is 17.7 Å². The molecule has 6 nitrogen and oxygen atoms in total. The predicted octanol–water partition coefficient (Wildman–Crippen LogP) is 3.93. The van der Waals surface area contributed by atoms with Crippen molar-refractivity contribution in [1.82, 2.24) is 5.32 Å². The van der Waals surface area contributed by atoms with E-state index in [1.807, 2.05) is 27.7 Å². The standard InChI is InChI=1S/C20H37N3O3/c1-8-17-22-16(14(6)26-17)12-20(9-2,10-3)19(24)23-15(11-13(4)5)18(21)25-7/h13-16,21H,8-12H2,1-7H3,(H,23,24)/t14?,15?,16-/m1/s1. The molecule has 2 unspecified atom stereocenters. The van der Waals surface area contributed by atoms with Crippen LogP contribution in [0.15, 0.2) is 4.99 Å². The van der Waals surface area contributed by atoms with E-state index >= 15 is 0 Å². The third-order valence-corrected chi connectivity index (χ3v) is 5.46. The number of hydrogen-bond acceptors (Lipinski definition) is 5. The zero-order chi connectivity index (χ0) is 19.9. The Morgan fingerprint density at radius 1 is 1.35 bits per heavy atom. The molecule has 1 heterocycles. The lowest BCUT2D eigenvalue weighted by Crippen LogP contribution is -2.50. The first-order valence-electron chi connectivity index (χ1n) is 9.89. The van der Waals surface area contributed by atoms with Crippen LogP contribution in [0.2, 0.25) is 0 Å². The SMILES string of the molecule is CCC1=N[C@H](CC(CC)(CC)C(=O)NC(CC(C)C)C(=N)OC)C(C)O1. The Kier molecular flexibility index (Phi) is 8.57. The fourth-order valence-electron chi connectivity index (χ4n) is 3.51. The van der Waals surface area contributed by atoms with Crippen LogP contribution in [0.25, 0.3) is 0 Å². The van der Waals surface area contributed by atoms with Crippen molar-refractivity contribution in [1.29, 1.82) is 5.41 Å². The quantitative estimate of drug-likeness (QED) is 0.453. The normalized spacial score (nSPS) is 21.2. The van der Waals surface area contributed by atoms with E-state index in [2.05, 4.69) is 24.2 Å². The highest BCUT2D eigenvalue weighted by molar-refractivity contribution is 5.89. The first-order valence-corrected chi connectivity index (χ1v) is 9.89. The fraction of sp³-hybridized carbons (Fsp3) is 0.850. The molecule has 0 radical (unpaired) electrons. The van der Waals surface area contributed by atoms with Gasteiger partial charge in [-0.1, -0.05) is 34.6 Å². The zero-order valence-electron chi connectivity index (χ0n) is 17.5. The molecule has 3 atom stereocenters. The van der Waals surface area contributed by atoms with Crippen LogP contribution in [0, 0.1) is 16.7 Å². The molecule has 0 aromatic heterocycles. The number of carbonyl (C=O) groups is 1. The molecular weight excluding hydrogens is 330 g/mol. The van der Waals surface area contributed by atoms with Gasteiger partial charge in [-0.15, -0.1) is 0 Å². The van der Waals surface area contributed by atoms with Gasteiger partial charge < -0.3 is 14.8 Å². The molecule has 0 fully saturated rings. The van der Waals surface area contributed by atoms with E-state index in [1.54, 1.807) is 0 Å². The lowest BCUT2D eigenvalue weighted by atomic mass is 9.75. The Morgan fingerprint density at radius 3 is 2.38 bits per heavy atom. The topological polar surface area (TPSA) is 83.8 Å². The molecule has 26 heavy (non-hydrogen) atoms. The van der Waals surface area contributed by atoms with Gasteiger partial charge in [-0.2, -0.15) is 0 Å². The molecule has 1 rings (SSSR count). The van der Waals surface area contributed by atoms with Gasteiger partial charge in [0.2, 0.25) is 11.8 Å². The molecule has 2 N–H and O–H groups in total. The Bertz CT molecular complexity index is 512. The largest absolute Gasteiger partial charge is 0.483 e. The van der Waals surface area contributed by atoms with Crippen molar-refractivity contribution < 1.29 is 14.3 Å². The minimum absolute atomic E-state index is 0.000949. The van der Waals surface area contributed by atoms with Gasteiger partial charge in [-0.3, -0.25) is 10.2 Å². The summed E-state index contributed by atoms with van der Waals surface area (Å²) in [5, 5.41) is 11.1. The number of hydrogen-bond donors (Lipinski definition) is 2. The van der Waals surface area contributed by atoms with Crippen LogP contribution in [-0.4, -0.2) is 43.0 Å². The minimum atomic E-state index is -0.516. The van der Waals surface area contributed by atoms with E-state index in [0.29, 0.717) is 18.8 Å². The van der Waals surface area contributed by atoms with Gasteiger partial charge in [0.15, 0.2) is 5.90 Å². The maximum atomic E-state index is 13.2. The molecule has 0 aromatic rings. The molecular formula is C20H37N3O3. The van der Waals surface area contributed by atoms with Crippen molar-refractivity contribution in [2.24, 2.45) is 16.3 Å².